The zero-order chi connectivity index (χ0) is 25.5. The van der Waals surface area contributed by atoms with Crippen molar-refractivity contribution < 1.29 is 0 Å². The molecule has 4 aromatic heterocycles. The van der Waals surface area contributed by atoms with Gasteiger partial charge in [0.1, 0.15) is 0 Å². The molecule has 0 saturated carbocycles. The van der Waals surface area contributed by atoms with Crippen LogP contribution in [0.15, 0.2) is 134 Å². The van der Waals surface area contributed by atoms with Gasteiger partial charge in [-0.05, 0) is 54.1 Å². The molecule has 3 nitrogen and oxygen atoms in total. The van der Waals surface area contributed by atoms with Crippen molar-refractivity contribution in [3.8, 4) is 16.8 Å². The molecule has 0 radical (unpaired) electrons. The SMILES string of the molecule is c1ccc(-n2c3ccccc3c3cc(-c4c5ccccc5n5ccc6c7ccccc7[nH]c6c45)ccc32)cc1. The molecule has 9 aromatic rings. The fourth-order valence-electron chi connectivity index (χ4n) is 6.61. The molecule has 0 aliphatic heterocycles. The standard InChI is InChI=1S/C36H23N3/c1-2-10-24(11-3-1)39-32-17-9-5-13-26(32)29-22-23(18-19-33(29)39)34-28-14-6-8-16-31(28)38-21-20-27-25-12-4-7-15-30(25)37-35(27)36(34)38/h1-22,37H. The van der Waals surface area contributed by atoms with E-state index in [4.69, 9.17) is 0 Å². The van der Waals surface area contributed by atoms with E-state index < -0.39 is 0 Å². The van der Waals surface area contributed by atoms with Crippen molar-refractivity contribution in [1.82, 2.24) is 14.0 Å². The first kappa shape index (κ1) is 20.7. The van der Waals surface area contributed by atoms with Crippen LogP contribution >= 0.6 is 0 Å². The minimum absolute atomic E-state index is 1.16. The zero-order valence-electron chi connectivity index (χ0n) is 21.1. The van der Waals surface area contributed by atoms with Crippen LogP contribution in [0, 0.1) is 0 Å². The van der Waals surface area contributed by atoms with E-state index in [2.05, 4.69) is 148 Å². The number of aromatic nitrogens is 3. The Bertz CT molecular complexity index is 2380. The van der Waals surface area contributed by atoms with Gasteiger partial charge in [0.25, 0.3) is 0 Å². The van der Waals surface area contributed by atoms with Crippen molar-refractivity contribution in [3.05, 3.63) is 134 Å². The number of nitrogens with one attached hydrogen (secondary N) is 1. The van der Waals surface area contributed by atoms with E-state index in [0.717, 1.165) is 5.52 Å². The number of pyridine rings is 1. The van der Waals surface area contributed by atoms with E-state index in [1.165, 1.54) is 71.3 Å². The lowest BCUT2D eigenvalue weighted by Crippen LogP contribution is -1.92. The van der Waals surface area contributed by atoms with E-state index in [0.29, 0.717) is 0 Å². The number of hydrogen-bond donors (Lipinski definition) is 1. The lowest BCUT2D eigenvalue weighted by Gasteiger charge is -2.08. The molecule has 0 amide bonds. The summed E-state index contributed by atoms with van der Waals surface area (Å²) >= 11 is 0. The van der Waals surface area contributed by atoms with Crippen LogP contribution in [0.4, 0.5) is 0 Å². The van der Waals surface area contributed by atoms with Crippen molar-refractivity contribution in [1.29, 1.82) is 0 Å². The molecule has 0 fully saturated rings. The Balaban J connectivity index is 1.43. The van der Waals surface area contributed by atoms with Crippen LogP contribution in [-0.4, -0.2) is 14.0 Å². The van der Waals surface area contributed by atoms with Gasteiger partial charge in [0.2, 0.25) is 0 Å². The Kier molecular flexibility index (Phi) is 4.05. The molecule has 1 N–H and O–H groups in total. The van der Waals surface area contributed by atoms with Crippen LogP contribution in [0.25, 0.3) is 76.8 Å². The number of rotatable bonds is 2. The second-order valence-electron chi connectivity index (χ2n) is 10.3. The number of fused-ring (bicyclic) bond motifs is 10. The van der Waals surface area contributed by atoms with Crippen molar-refractivity contribution in [3.63, 3.8) is 0 Å². The highest BCUT2D eigenvalue weighted by molar-refractivity contribution is 6.20. The molecular formula is C36H23N3. The van der Waals surface area contributed by atoms with E-state index in [-0.39, 0.29) is 0 Å². The first-order chi connectivity index (χ1) is 19.4. The zero-order valence-corrected chi connectivity index (χ0v) is 21.1. The summed E-state index contributed by atoms with van der Waals surface area (Å²) in [6.45, 7) is 0. The molecule has 0 saturated heterocycles. The molecule has 0 aliphatic rings. The van der Waals surface area contributed by atoms with E-state index in [9.17, 15) is 0 Å². The summed E-state index contributed by atoms with van der Waals surface area (Å²) in [4.78, 5) is 3.76. The van der Waals surface area contributed by atoms with Crippen molar-refractivity contribution in [2.75, 3.05) is 0 Å². The summed E-state index contributed by atoms with van der Waals surface area (Å²) < 4.78 is 4.72. The maximum Gasteiger partial charge on any atom is 0.0784 e. The molecule has 0 unspecified atom stereocenters. The van der Waals surface area contributed by atoms with Crippen LogP contribution in [0.5, 0.6) is 0 Å². The normalized spacial score (nSPS) is 12.1. The Morgan fingerprint density at radius 2 is 1.18 bits per heavy atom. The highest BCUT2D eigenvalue weighted by Crippen LogP contribution is 2.42. The quantitative estimate of drug-likeness (QED) is 0.246. The maximum absolute atomic E-state index is 3.76. The predicted octanol–water partition coefficient (Wildman–Crippen LogP) is 9.49. The molecule has 9 rings (SSSR count). The monoisotopic (exact) mass is 497 g/mol. The van der Waals surface area contributed by atoms with Crippen LogP contribution < -0.4 is 0 Å². The van der Waals surface area contributed by atoms with Crippen LogP contribution in [0.3, 0.4) is 0 Å². The van der Waals surface area contributed by atoms with E-state index in [1.54, 1.807) is 0 Å². The van der Waals surface area contributed by atoms with Gasteiger partial charge in [0, 0.05) is 49.9 Å². The molecule has 0 spiro atoms. The molecule has 0 bridgehead atoms. The van der Waals surface area contributed by atoms with E-state index >= 15 is 0 Å². The van der Waals surface area contributed by atoms with Crippen molar-refractivity contribution in [2.24, 2.45) is 0 Å². The van der Waals surface area contributed by atoms with Crippen molar-refractivity contribution in [2.45, 2.75) is 0 Å². The Hall–Kier alpha value is -5.28. The van der Waals surface area contributed by atoms with Crippen molar-refractivity contribution >= 4 is 60.0 Å². The first-order valence-corrected chi connectivity index (χ1v) is 13.4. The Morgan fingerprint density at radius 1 is 0.487 bits per heavy atom. The van der Waals surface area contributed by atoms with Gasteiger partial charge >= 0.3 is 0 Å². The average Bonchev–Trinajstić information content (AvgIpc) is 3.65. The molecular weight excluding hydrogens is 474 g/mol. The third-order valence-electron chi connectivity index (χ3n) is 8.26. The van der Waals surface area contributed by atoms with Gasteiger partial charge in [0.05, 0.1) is 27.6 Å². The summed E-state index contributed by atoms with van der Waals surface area (Å²) in [7, 11) is 0. The third kappa shape index (κ3) is 2.76. The summed E-state index contributed by atoms with van der Waals surface area (Å²) in [5, 5.41) is 6.30. The van der Waals surface area contributed by atoms with E-state index in [1.807, 2.05) is 0 Å². The minimum atomic E-state index is 1.16. The molecule has 5 aromatic carbocycles. The fraction of sp³-hybridized carbons (Fsp3) is 0. The summed E-state index contributed by atoms with van der Waals surface area (Å²) in [6.07, 6.45) is 2.23. The number of para-hydroxylation sites is 4. The number of aromatic amines is 1. The lowest BCUT2D eigenvalue weighted by atomic mass is 9.99. The molecule has 4 heterocycles. The summed E-state index contributed by atoms with van der Waals surface area (Å²) in [5.41, 5.74) is 10.9. The summed E-state index contributed by atoms with van der Waals surface area (Å²) in [6, 6.07) is 45.9. The minimum Gasteiger partial charge on any atom is -0.353 e. The molecule has 182 valence electrons. The van der Waals surface area contributed by atoms with Crippen LogP contribution in [0.2, 0.25) is 0 Å². The number of benzene rings is 5. The van der Waals surface area contributed by atoms with Gasteiger partial charge in [-0.1, -0.05) is 78.9 Å². The second kappa shape index (κ2) is 7.62. The predicted molar refractivity (Wildman–Crippen MR) is 164 cm³/mol. The molecule has 3 heteroatoms. The van der Waals surface area contributed by atoms with Gasteiger partial charge in [-0.25, -0.2) is 0 Å². The number of hydrogen-bond acceptors (Lipinski definition) is 0. The van der Waals surface area contributed by atoms with Gasteiger partial charge in [-0.15, -0.1) is 0 Å². The van der Waals surface area contributed by atoms with Crippen LogP contribution in [0.1, 0.15) is 0 Å². The largest absolute Gasteiger partial charge is 0.353 e. The van der Waals surface area contributed by atoms with Gasteiger partial charge in [0.15, 0.2) is 0 Å². The molecule has 0 aliphatic carbocycles. The van der Waals surface area contributed by atoms with Gasteiger partial charge in [-0.2, -0.15) is 0 Å². The van der Waals surface area contributed by atoms with Gasteiger partial charge < -0.3 is 14.0 Å². The van der Waals surface area contributed by atoms with Crippen LogP contribution in [-0.2, 0) is 0 Å². The topological polar surface area (TPSA) is 25.1 Å². The Labute approximate surface area is 224 Å². The lowest BCUT2D eigenvalue weighted by molar-refractivity contribution is 1.18. The number of nitrogens with zero attached hydrogens (tertiary/aromatic N) is 2. The smallest absolute Gasteiger partial charge is 0.0784 e. The second-order valence-corrected chi connectivity index (χ2v) is 10.3. The average molecular weight is 498 g/mol. The molecule has 0 atom stereocenters. The maximum atomic E-state index is 3.76. The number of H-pyrrole nitrogens is 1. The fourth-order valence-corrected chi connectivity index (χ4v) is 6.61. The highest BCUT2D eigenvalue weighted by Gasteiger charge is 2.20. The Morgan fingerprint density at radius 3 is 2.05 bits per heavy atom. The van der Waals surface area contributed by atoms with Gasteiger partial charge in [-0.3, -0.25) is 0 Å². The summed E-state index contributed by atoms with van der Waals surface area (Å²) in [5.74, 6) is 0. The highest BCUT2D eigenvalue weighted by atomic mass is 15.0. The third-order valence-corrected chi connectivity index (χ3v) is 8.26. The first-order valence-electron chi connectivity index (χ1n) is 13.4. The molecule has 39 heavy (non-hydrogen) atoms.